The molecule has 11 nitrogen and oxygen atoms in total. The van der Waals surface area contributed by atoms with Crippen molar-refractivity contribution in [3.63, 3.8) is 0 Å². The molecule has 1 atom stereocenters. The molecule has 1 N–H and O–H groups in total. The summed E-state index contributed by atoms with van der Waals surface area (Å²) in [6.45, 7) is 4.89. The summed E-state index contributed by atoms with van der Waals surface area (Å²) in [5, 5.41) is 2.38. The molecule has 0 aliphatic carbocycles. The largest absolute Gasteiger partial charge is 0.433 e. The average molecular weight is 637 g/mol. The zero-order valence-electron chi connectivity index (χ0n) is 25.2. The molecule has 13 heteroatoms. The number of hydrogen-bond donors (Lipinski definition) is 1. The van der Waals surface area contributed by atoms with Gasteiger partial charge in [0.05, 0.1) is 33.9 Å². The van der Waals surface area contributed by atoms with Gasteiger partial charge in [-0.05, 0) is 38.5 Å². The number of hydrogen-bond acceptors (Lipinski definition) is 8. The van der Waals surface area contributed by atoms with Gasteiger partial charge in [-0.25, -0.2) is 23.1 Å². The first-order valence-corrected chi connectivity index (χ1v) is 16.7. The summed E-state index contributed by atoms with van der Waals surface area (Å²) in [5.74, 6) is -2.79. The van der Waals surface area contributed by atoms with Crippen molar-refractivity contribution < 1.29 is 32.3 Å². The van der Waals surface area contributed by atoms with Gasteiger partial charge in [-0.1, -0.05) is 76.3 Å². The molecule has 1 unspecified atom stereocenters. The Balaban J connectivity index is 1.66. The van der Waals surface area contributed by atoms with Crippen LogP contribution in [0.4, 0.5) is 10.5 Å². The highest BCUT2D eigenvalue weighted by Gasteiger charge is 2.54. The van der Waals surface area contributed by atoms with Crippen molar-refractivity contribution in [2.24, 2.45) is 7.05 Å². The van der Waals surface area contributed by atoms with E-state index in [4.69, 9.17) is 16.3 Å². The molecule has 0 spiro atoms. The number of cyclic esters (lactones) is 1. The molecule has 0 bridgehead atoms. The van der Waals surface area contributed by atoms with Crippen LogP contribution >= 0.6 is 11.6 Å². The number of aryl methyl sites for hydroxylation is 1. The fourth-order valence-corrected chi connectivity index (χ4v) is 6.57. The number of imide groups is 1. The lowest BCUT2D eigenvalue weighted by molar-refractivity contribution is -0.137. The second-order valence-corrected chi connectivity index (χ2v) is 13.9. The topological polar surface area (TPSA) is 145 Å². The summed E-state index contributed by atoms with van der Waals surface area (Å²) in [6, 6.07) is 1.95. The number of carbonyl (C=O) groups excluding carboxylic acids is 4. The summed E-state index contributed by atoms with van der Waals surface area (Å²) in [5.41, 5.74) is -1.60. The van der Waals surface area contributed by atoms with E-state index in [1.165, 1.54) is 94.7 Å². The van der Waals surface area contributed by atoms with Crippen LogP contribution in [-0.2, 0) is 31.2 Å². The number of benzene rings is 1. The maximum Gasteiger partial charge on any atom is 0.418 e. The predicted octanol–water partition coefficient (Wildman–Crippen LogP) is 5.72. The molecule has 3 amide bonds. The molecule has 0 saturated carbocycles. The van der Waals surface area contributed by atoms with E-state index in [1.54, 1.807) is 0 Å². The molecule has 1 aromatic heterocycles. The number of ether oxygens (including phenoxy) is 1. The lowest BCUT2D eigenvalue weighted by Crippen LogP contribution is -2.53. The number of amides is 3. The van der Waals surface area contributed by atoms with Crippen LogP contribution in [0.25, 0.3) is 0 Å². The van der Waals surface area contributed by atoms with E-state index in [2.05, 4.69) is 17.2 Å². The number of sulfone groups is 1. The predicted molar refractivity (Wildman–Crippen MR) is 163 cm³/mol. The maximum atomic E-state index is 13.5. The van der Waals surface area contributed by atoms with Gasteiger partial charge >= 0.3 is 6.09 Å². The van der Waals surface area contributed by atoms with Gasteiger partial charge in [0.25, 0.3) is 11.8 Å². The third-order valence-electron chi connectivity index (χ3n) is 7.42. The van der Waals surface area contributed by atoms with E-state index >= 15 is 0 Å². The van der Waals surface area contributed by atoms with Crippen LogP contribution in [0.15, 0.2) is 35.6 Å². The molecule has 1 aliphatic rings. The SMILES string of the molecule is CCCCCCCCCCCCS(=O)(=O)c1ccc(NC(=O)C(C(=O)c2cncn2C)N2C(=O)OC(C)(C)C2=O)c(Cl)c1. The fourth-order valence-electron chi connectivity index (χ4n) is 4.88. The summed E-state index contributed by atoms with van der Waals surface area (Å²) in [6.07, 6.45) is 12.2. The minimum Gasteiger partial charge on any atom is -0.433 e. The quantitative estimate of drug-likeness (QED) is 0.132. The molecule has 2 heterocycles. The van der Waals surface area contributed by atoms with Crippen molar-refractivity contribution in [2.75, 3.05) is 11.1 Å². The molecule has 1 fully saturated rings. The Morgan fingerprint density at radius 1 is 1.02 bits per heavy atom. The number of nitrogens with zero attached hydrogens (tertiary/aromatic N) is 3. The number of aromatic nitrogens is 2. The van der Waals surface area contributed by atoms with Crippen LogP contribution < -0.4 is 5.32 Å². The number of halogens is 1. The van der Waals surface area contributed by atoms with E-state index < -0.39 is 45.2 Å². The number of rotatable bonds is 17. The van der Waals surface area contributed by atoms with Gasteiger partial charge in [0, 0.05) is 7.05 Å². The highest BCUT2D eigenvalue weighted by atomic mass is 35.5. The van der Waals surface area contributed by atoms with Crippen molar-refractivity contribution in [3.8, 4) is 0 Å². The molecule has 3 rings (SSSR count). The van der Waals surface area contributed by atoms with Crippen molar-refractivity contribution in [2.45, 2.75) is 102 Å². The van der Waals surface area contributed by atoms with Crippen LogP contribution in [0.1, 0.15) is 95.5 Å². The first-order valence-electron chi connectivity index (χ1n) is 14.7. The van der Waals surface area contributed by atoms with Gasteiger partial charge in [0.2, 0.25) is 5.78 Å². The molecule has 236 valence electrons. The smallest absolute Gasteiger partial charge is 0.418 e. The monoisotopic (exact) mass is 636 g/mol. The van der Waals surface area contributed by atoms with Crippen molar-refractivity contribution in [1.29, 1.82) is 0 Å². The molecule has 43 heavy (non-hydrogen) atoms. The van der Waals surface area contributed by atoms with E-state index in [0.717, 1.165) is 19.3 Å². The van der Waals surface area contributed by atoms with E-state index in [1.807, 2.05) is 0 Å². The van der Waals surface area contributed by atoms with Gasteiger partial charge in [-0.15, -0.1) is 0 Å². The Morgan fingerprint density at radius 2 is 1.63 bits per heavy atom. The first-order chi connectivity index (χ1) is 20.3. The summed E-state index contributed by atoms with van der Waals surface area (Å²) >= 11 is 6.36. The van der Waals surface area contributed by atoms with Gasteiger partial charge in [0.15, 0.2) is 21.5 Å². The molecule has 1 saturated heterocycles. The van der Waals surface area contributed by atoms with Crippen molar-refractivity contribution >= 4 is 50.8 Å². The minimum absolute atomic E-state index is 0.00614. The van der Waals surface area contributed by atoms with Crippen LogP contribution in [0, 0.1) is 0 Å². The number of Topliss-reactive ketones (excluding diaryl/α,β-unsaturated/α-hetero) is 1. The summed E-state index contributed by atoms with van der Waals surface area (Å²) in [4.78, 5) is 56.8. The van der Waals surface area contributed by atoms with E-state index in [0.29, 0.717) is 11.3 Å². The minimum atomic E-state index is -3.62. The zero-order chi connectivity index (χ0) is 31.8. The normalized spacial score (nSPS) is 15.4. The third-order valence-corrected chi connectivity index (χ3v) is 9.53. The number of nitrogens with one attached hydrogen (secondary N) is 1. The molecular weight excluding hydrogens is 596 g/mol. The summed E-state index contributed by atoms with van der Waals surface area (Å²) in [7, 11) is -2.09. The molecule has 2 aromatic rings. The Hall–Kier alpha value is -3.25. The Bertz CT molecular complexity index is 1440. The average Bonchev–Trinajstić information content (AvgIpc) is 3.45. The maximum absolute atomic E-state index is 13.5. The first kappa shape index (κ1) is 34.2. The Kier molecular flexibility index (Phi) is 11.9. The van der Waals surface area contributed by atoms with Gasteiger partial charge in [-0.2, -0.15) is 0 Å². The second kappa shape index (κ2) is 15.0. The van der Waals surface area contributed by atoms with E-state index in [9.17, 15) is 27.6 Å². The number of imidazole rings is 1. The van der Waals surface area contributed by atoms with Crippen LogP contribution in [0.3, 0.4) is 0 Å². The van der Waals surface area contributed by atoms with Crippen LogP contribution in [0.2, 0.25) is 5.02 Å². The summed E-state index contributed by atoms with van der Waals surface area (Å²) < 4.78 is 32.3. The fraction of sp³-hybridized carbons (Fsp3) is 0.567. The number of ketones is 1. The third kappa shape index (κ3) is 8.66. The number of unbranched alkanes of at least 4 members (excludes halogenated alkanes) is 9. The van der Waals surface area contributed by atoms with Crippen molar-refractivity contribution in [3.05, 3.63) is 41.4 Å². The standard InChI is InChI=1S/C30H41ClN4O7S/c1-5-6-7-8-9-10-11-12-13-14-17-43(40,41)21-15-16-23(22(31)18-21)33-27(37)25(26(36)24-19-32-20-34(24)4)35-28(38)30(2,3)42-29(35)39/h15-16,18-20,25H,5-14,17H2,1-4H3,(H,33,37). The van der Waals surface area contributed by atoms with Crippen LogP contribution in [-0.4, -0.2) is 64.0 Å². The Labute approximate surface area is 258 Å². The van der Waals surface area contributed by atoms with Gasteiger partial charge in [0.1, 0.15) is 5.69 Å². The van der Waals surface area contributed by atoms with Gasteiger partial charge in [-0.3, -0.25) is 14.4 Å². The number of anilines is 1. The van der Waals surface area contributed by atoms with E-state index in [-0.39, 0.29) is 27.1 Å². The zero-order valence-corrected chi connectivity index (χ0v) is 26.8. The Morgan fingerprint density at radius 3 is 2.14 bits per heavy atom. The molecule has 1 aliphatic heterocycles. The van der Waals surface area contributed by atoms with Crippen LogP contribution in [0.5, 0.6) is 0 Å². The lowest BCUT2D eigenvalue weighted by atomic mass is 10.0. The highest BCUT2D eigenvalue weighted by molar-refractivity contribution is 7.91. The highest BCUT2D eigenvalue weighted by Crippen LogP contribution is 2.30. The molecular formula is C30H41ClN4O7S. The van der Waals surface area contributed by atoms with Gasteiger partial charge < -0.3 is 14.6 Å². The van der Waals surface area contributed by atoms with Crippen molar-refractivity contribution in [1.82, 2.24) is 14.5 Å². The number of carbonyl (C=O) groups is 4. The molecule has 0 radical (unpaired) electrons. The molecule has 1 aromatic carbocycles. The second-order valence-electron chi connectivity index (χ2n) is 11.3. The lowest BCUT2D eigenvalue weighted by Gasteiger charge is -2.23.